The van der Waals surface area contributed by atoms with Gasteiger partial charge in [-0.25, -0.2) is 4.98 Å². The maximum Gasteiger partial charge on any atom is 0.138 e. The lowest BCUT2D eigenvalue weighted by atomic mass is 10.2. The summed E-state index contributed by atoms with van der Waals surface area (Å²) in [6.07, 6.45) is -1.14. The molecular weight excluding hydrogens is 230 g/mol. The molecule has 88 valence electrons. The molecule has 2 rings (SSSR count). The van der Waals surface area contributed by atoms with E-state index < -0.39 is 23.7 Å². The van der Waals surface area contributed by atoms with Crippen LogP contribution in [-0.4, -0.2) is 50.7 Å². The van der Waals surface area contributed by atoms with E-state index in [1.165, 1.54) is 11.8 Å². The van der Waals surface area contributed by atoms with E-state index in [9.17, 15) is 10.2 Å². The van der Waals surface area contributed by atoms with Gasteiger partial charge in [-0.15, -0.1) is 0 Å². The van der Waals surface area contributed by atoms with Crippen molar-refractivity contribution in [2.45, 2.75) is 28.8 Å². The van der Waals surface area contributed by atoms with Crippen molar-refractivity contribution in [3.05, 3.63) is 24.4 Å². The normalized spacial score (nSPS) is 34.2. The van der Waals surface area contributed by atoms with Crippen molar-refractivity contribution in [2.24, 2.45) is 0 Å². The van der Waals surface area contributed by atoms with Crippen molar-refractivity contribution in [3.63, 3.8) is 0 Å². The van der Waals surface area contributed by atoms with Crippen LogP contribution in [-0.2, 0) is 4.74 Å². The fourth-order valence-corrected chi connectivity index (χ4v) is 2.51. The molecule has 0 unspecified atom stereocenters. The summed E-state index contributed by atoms with van der Waals surface area (Å²) in [5.41, 5.74) is -0.595. The Morgan fingerprint density at radius 3 is 2.69 bits per heavy atom. The molecule has 1 fully saturated rings. The maximum atomic E-state index is 9.69. The van der Waals surface area contributed by atoms with Gasteiger partial charge in [0.25, 0.3) is 0 Å². The molecule has 0 bridgehead atoms. The molecule has 3 N–H and O–H groups in total. The topological polar surface area (TPSA) is 82.8 Å². The number of aliphatic hydroxyl groups excluding tert-OH is 3. The molecule has 2 heterocycles. The van der Waals surface area contributed by atoms with E-state index in [0.717, 1.165) is 0 Å². The highest BCUT2D eigenvalue weighted by Crippen LogP contribution is 2.32. The Balaban J connectivity index is 2.01. The predicted molar refractivity (Wildman–Crippen MR) is 57.9 cm³/mol. The van der Waals surface area contributed by atoms with Gasteiger partial charge in [-0.05, 0) is 12.1 Å². The second-order valence-corrected chi connectivity index (χ2v) is 4.61. The maximum absolute atomic E-state index is 9.69. The van der Waals surface area contributed by atoms with Gasteiger partial charge in [0.1, 0.15) is 23.7 Å². The summed E-state index contributed by atoms with van der Waals surface area (Å²) < 4.78 is 5.31. The number of nitrogens with zero attached hydrogens (tertiary/aromatic N) is 1. The zero-order valence-electron chi connectivity index (χ0n) is 8.43. The number of aliphatic hydroxyl groups is 3. The molecule has 0 radical (unpaired) electrons. The summed E-state index contributed by atoms with van der Waals surface area (Å²) >= 11 is 1.23. The lowest BCUT2D eigenvalue weighted by molar-refractivity contribution is -0.00809. The average Bonchev–Trinajstić information content (AvgIpc) is 2.58. The van der Waals surface area contributed by atoms with Crippen molar-refractivity contribution in [2.75, 3.05) is 6.61 Å². The van der Waals surface area contributed by atoms with Gasteiger partial charge >= 0.3 is 0 Å². The zero-order chi connectivity index (χ0) is 11.5. The summed E-state index contributed by atoms with van der Waals surface area (Å²) in [7, 11) is 0. The van der Waals surface area contributed by atoms with Crippen LogP contribution in [0, 0.1) is 0 Å². The summed E-state index contributed by atoms with van der Waals surface area (Å²) in [6, 6.07) is 5.41. The van der Waals surface area contributed by atoms with Gasteiger partial charge in [-0.3, -0.25) is 0 Å². The van der Waals surface area contributed by atoms with Crippen LogP contribution in [0.25, 0.3) is 0 Å². The zero-order valence-corrected chi connectivity index (χ0v) is 9.25. The van der Waals surface area contributed by atoms with Crippen LogP contribution in [0.1, 0.15) is 0 Å². The Bertz CT molecular complexity index is 337. The molecule has 0 saturated carbocycles. The number of aromatic nitrogens is 1. The largest absolute Gasteiger partial charge is 0.394 e. The first kappa shape index (κ1) is 11.8. The van der Waals surface area contributed by atoms with Crippen LogP contribution in [0.15, 0.2) is 29.4 Å². The molecule has 1 aliphatic heterocycles. The molecule has 5 nitrogen and oxygen atoms in total. The summed E-state index contributed by atoms with van der Waals surface area (Å²) in [4.78, 5) is 4.08. The van der Waals surface area contributed by atoms with Crippen LogP contribution in [0.2, 0.25) is 0 Å². The molecule has 4 atom stereocenters. The van der Waals surface area contributed by atoms with Crippen molar-refractivity contribution >= 4 is 11.8 Å². The number of ether oxygens (including phenoxy) is 1. The highest BCUT2D eigenvalue weighted by atomic mass is 32.2. The Labute approximate surface area is 97.1 Å². The van der Waals surface area contributed by atoms with Crippen LogP contribution in [0.3, 0.4) is 0 Å². The fraction of sp³-hybridized carbons (Fsp3) is 0.500. The first-order valence-electron chi connectivity index (χ1n) is 4.92. The van der Waals surface area contributed by atoms with Crippen LogP contribution >= 0.6 is 11.8 Å². The molecule has 1 aliphatic rings. The van der Waals surface area contributed by atoms with Crippen molar-refractivity contribution < 1.29 is 20.1 Å². The van der Waals surface area contributed by atoms with Gasteiger partial charge in [-0.1, -0.05) is 17.8 Å². The summed E-state index contributed by atoms with van der Waals surface area (Å²) in [5.74, 6) is 0. The van der Waals surface area contributed by atoms with Crippen molar-refractivity contribution in [1.82, 2.24) is 4.98 Å². The summed E-state index contributed by atoms with van der Waals surface area (Å²) in [6.45, 7) is -0.308. The fourth-order valence-electron chi connectivity index (χ4n) is 1.50. The first-order valence-corrected chi connectivity index (χ1v) is 5.80. The molecule has 1 aromatic rings. The minimum absolute atomic E-state index is 0.308. The third kappa shape index (κ3) is 2.36. The SMILES string of the molecule is OC[C@@H]1O[C@@H](Sc2ccccn2)[C@H](O)[C@H]1O. The molecule has 0 spiro atoms. The van der Waals surface area contributed by atoms with Crippen molar-refractivity contribution in [3.8, 4) is 0 Å². The summed E-state index contributed by atoms with van der Waals surface area (Å²) in [5, 5.41) is 28.8. The molecule has 1 saturated heterocycles. The molecular formula is C10H13NO4S. The Morgan fingerprint density at radius 2 is 2.12 bits per heavy atom. The van der Waals surface area contributed by atoms with Crippen LogP contribution < -0.4 is 0 Å². The van der Waals surface area contributed by atoms with E-state index in [-0.39, 0.29) is 6.61 Å². The van der Waals surface area contributed by atoms with Gasteiger partial charge in [0.2, 0.25) is 0 Å². The standard InChI is InChI=1S/C10H13NO4S/c12-5-6-8(13)9(14)10(15-6)16-7-3-1-2-4-11-7/h1-4,6,8-10,12-14H,5H2/t6-,8-,9+,10-/m0/s1. The molecule has 0 aromatic carbocycles. The van der Waals surface area contributed by atoms with Gasteiger partial charge in [0.15, 0.2) is 0 Å². The molecule has 6 heteroatoms. The Hall–Kier alpha value is -0.660. The third-order valence-electron chi connectivity index (χ3n) is 2.37. The highest BCUT2D eigenvalue weighted by molar-refractivity contribution is 7.99. The van der Waals surface area contributed by atoms with Gasteiger partial charge < -0.3 is 20.1 Å². The van der Waals surface area contributed by atoms with E-state index in [1.54, 1.807) is 18.3 Å². The quantitative estimate of drug-likeness (QED) is 0.671. The van der Waals surface area contributed by atoms with Crippen LogP contribution in [0.4, 0.5) is 0 Å². The smallest absolute Gasteiger partial charge is 0.138 e. The van der Waals surface area contributed by atoms with E-state index >= 15 is 0 Å². The molecule has 0 aliphatic carbocycles. The minimum atomic E-state index is -1.05. The van der Waals surface area contributed by atoms with Gasteiger partial charge in [0, 0.05) is 6.20 Å². The number of hydrogen-bond donors (Lipinski definition) is 3. The first-order chi connectivity index (χ1) is 7.72. The van der Waals surface area contributed by atoms with E-state index in [4.69, 9.17) is 9.84 Å². The number of pyridine rings is 1. The Morgan fingerprint density at radius 1 is 1.31 bits per heavy atom. The number of thioether (sulfide) groups is 1. The predicted octanol–water partition coefficient (Wildman–Crippen LogP) is -0.387. The lowest BCUT2D eigenvalue weighted by Crippen LogP contribution is -2.33. The average molecular weight is 243 g/mol. The number of hydrogen-bond acceptors (Lipinski definition) is 6. The van der Waals surface area contributed by atoms with Crippen LogP contribution in [0.5, 0.6) is 0 Å². The van der Waals surface area contributed by atoms with Crippen molar-refractivity contribution in [1.29, 1.82) is 0 Å². The third-order valence-corrected chi connectivity index (χ3v) is 3.48. The molecule has 16 heavy (non-hydrogen) atoms. The lowest BCUT2D eigenvalue weighted by Gasteiger charge is -2.12. The second kappa shape index (κ2) is 5.11. The molecule has 0 amide bonds. The van der Waals surface area contributed by atoms with Gasteiger partial charge in [-0.2, -0.15) is 0 Å². The molecule has 1 aromatic heterocycles. The van der Waals surface area contributed by atoms with E-state index in [1.807, 2.05) is 6.07 Å². The Kier molecular flexibility index (Phi) is 3.78. The van der Waals surface area contributed by atoms with E-state index in [0.29, 0.717) is 5.03 Å². The number of rotatable bonds is 3. The highest BCUT2D eigenvalue weighted by Gasteiger charge is 2.42. The van der Waals surface area contributed by atoms with Gasteiger partial charge in [0.05, 0.1) is 11.6 Å². The minimum Gasteiger partial charge on any atom is -0.394 e. The van der Waals surface area contributed by atoms with E-state index in [2.05, 4.69) is 4.98 Å². The monoisotopic (exact) mass is 243 g/mol. The second-order valence-electron chi connectivity index (χ2n) is 3.49.